The molecule has 0 atom stereocenters. The molecule has 0 bridgehead atoms. The van der Waals surface area contributed by atoms with Gasteiger partial charge < -0.3 is 21.1 Å². The minimum absolute atomic E-state index is 0.189. The Morgan fingerprint density at radius 1 is 1.28 bits per heavy atom. The summed E-state index contributed by atoms with van der Waals surface area (Å²) in [5.74, 6) is -1.50. The molecule has 0 aromatic carbocycles. The molecule has 0 fully saturated rings. The van der Waals surface area contributed by atoms with E-state index >= 15 is 0 Å². The van der Waals surface area contributed by atoms with Crippen molar-refractivity contribution < 1.29 is 19.5 Å². The lowest BCUT2D eigenvalue weighted by Gasteiger charge is -2.34. The summed E-state index contributed by atoms with van der Waals surface area (Å²) < 4.78 is 0. The van der Waals surface area contributed by atoms with Crippen molar-refractivity contribution in [2.24, 2.45) is 5.73 Å². The van der Waals surface area contributed by atoms with Gasteiger partial charge in [0.25, 0.3) is 0 Å². The largest absolute Gasteiger partial charge is 0.480 e. The average molecular weight is 259 g/mol. The summed E-state index contributed by atoms with van der Waals surface area (Å²) >= 11 is 0. The third kappa shape index (κ3) is 6.72. The molecule has 0 aromatic rings. The molecule has 18 heavy (non-hydrogen) atoms. The number of carboxylic acid groups (broad SMARTS) is 1. The molecule has 7 heteroatoms. The van der Waals surface area contributed by atoms with Gasteiger partial charge in [-0.05, 0) is 27.2 Å². The van der Waals surface area contributed by atoms with E-state index in [2.05, 4.69) is 5.32 Å². The predicted octanol–water partition coefficient (Wildman–Crippen LogP) is 0.147. The minimum atomic E-state index is -1.07. The summed E-state index contributed by atoms with van der Waals surface area (Å²) in [6, 6.07) is -0.464. The number of nitrogens with two attached hydrogens (primary N) is 1. The van der Waals surface area contributed by atoms with Crippen LogP contribution in [0.15, 0.2) is 0 Å². The van der Waals surface area contributed by atoms with Gasteiger partial charge in [-0.25, -0.2) is 4.79 Å². The normalized spacial score (nSPS) is 10.8. The van der Waals surface area contributed by atoms with Gasteiger partial charge in [0.05, 0.1) is 0 Å². The van der Waals surface area contributed by atoms with Gasteiger partial charge in [-0.2, -0.15) is 0 Å². The molecule has 0 rings (SSSR count). The number of nitrogens with zero attached hydrogens (tertiary/aromatic N) is 1. The molecule has 0 aliphatic rings. The number of carbonyl (C=O) groups is 3. The molecule has 0 aliphatic heterocycles. The quantitative estimate of drug-likeness (QED) is 0.589. The van der Waals surface area contributed by atoms with Gasteiger partial charge in [0.2, 0.25) is 5.91 Å². The molecule has 0 saturated heterocycles. The van der Waals surface area contributed by atoms with Gasteiger partial charge in [-0.3, -0.25) is 9.59 Å². The van der Waals surface area contributed by atoms with Crippen LogP contribution in [0.5, 0.6) is 0 Å². The van der Waals surface area contributed by atoms with Crippen LogP contribution in [-0.2, 0) is 9.59 Å². The zero-order valence-electron chi connectivity index (χ0n) is 11.0. The first-order valence-electron chi connectivity index (χ1n) is 5.70. The number of carbonyl (C=O) groups excluding carboxylic acids is 2. The summed E-state index contributed by atoms with van der Waals surface area (Å²) in [5.41, 5.74) is 4.37. The van der Waals surface area contributed by atoms with Crippen LogP contribution in [0.3, 0.4) is 0 Å². The van der Waals surface area contributed by atoms with Crippen LogP contribution in [0.2, 0.25) is 0 Å². The molecule has 3 amide bonds. The van der Waals surface area contributed by atoms with Crippen LogP contribution in [-0.4, -0.2) is 46.5 Å². The van der Waals surface area contributed by atoms with E-state index in [9.17, 15) is 14.4 Å². The maximum absolute atomic E-state index is 11.8. The van der Waals surface area contributed by atoms with Crippen LogP contribution >= 0.6 is 0 Å². The summed E-state index contributed by atoms with van der Waals surface area (Å²) in [7, 11) is 0. The minimum Gasteiger partial charge on any atom is -0.480 e. The third-order valence-corrected chi connectivity index (χ3v) is 2.22. The molecular weight excluding hydrogens is 238 g/mol. The molecule has 0 radical (unpaired) electrons. The molecule has 4 N–H and O–H groups in total. The van der Waals surface area contributed by atoms with Gasteiger partial charge in [-0.1, -0.05) is 0 Å². The lowest BCUT2D eigenvalue weighted by Crippen LogP contribution is -2.52. The van der Waals surface area contributed by atoms with E-state index in [0.29, 0.717) is 6.42 Å². The molecule has 0 aromatic heterocycles. The van der Waals surface area contributed by atoms with Gasteiger partial charge in [0.1, 0.15) is 6.54 Å². The third-order valence-electron chi connectivity index (χ3n) is 2.22. The zero-order chi connectivity index (χ0) is 14.3. The fraction of sp³-hybridized carbons (Fsp3) is 0.727. The van der Waals surface area contributed by atoms with Crippen LogP contribution < -0.4 is 11.1 Å². The van der Waals surface area contributed by atoms with Crippen molar-refractivity contribution in [2.45, 2.75) is 39.2 Å². The Morgan fingerprint density at radius 2 is 1.83 bits per heavy atom. The number of amides is 3. The highest BCUT2D eigenvalue weighted by Gasteiger charge is 2.28. The first-order chi connectivity index (χ1) is 8.14. The van der Waals surface area contributed by atoms with E-state index in [4.69, 9.17) is 10.8 Å². The van der Waals surface area contributed by atoms with Gasteiger partial charge >= 0.3 is 12.0 Å². The number of rotatable bonds is 6. The first kappa shape index (κ1) is 16.2. The Bertz CT molecular complexity index is 323. The molecule has 104 valence electrons. The number of hydrogen-bond donors (Lipinski definition) is 3. The van der Waals surface area contributed by atoms with E-state index in [-0.39, 0.29) is 19.5 Å². The molecule has 0 saturated carbocycles. The summed E-state index contributed by atoms with van der Waals surface area (Å²) in [6.45, 7) is 5.16. The van der Waals surface area contributed by atoms with Crippen molar-refractivity contribution in [1.82, 2.24) is 10.2 Å². The van der Waals surface area contributed by atoms with E-state index in [1.807, 2.05) is 0 Å². The zero-order valence-corrected chi connectivity index (χ0v) is 11.0. The number of hydrogen-bond acceptors (Lipinski definition) is 3. The highest BCUT2D eigenvalue weighted by atomic mass is 16.4. The topological polar surface area (TPSA) is 113 Å². The number of primary amides is 1. The van der Waals surface area contributed by atoms with Crippen molar-refractivity contribution in [3.63, 3.8) is 0 Å². The van der Waals surface area contributed by atoms with Crippen LogP contribution in [0.1, 0.15) is 33.6 Å². The van der Waals surface area contributed by atoms with Crippen LogP contribution in [0.4, 0.5) is 4.79 Å². The molecule has 0 spiro atoms. The number of nitrogens with one attached hydrogen (secondary N) is 1. The Balaban J connectivity index is 4.31. The van der Waals surface area contributed by atoms with Crippen molar-refractivity contribution >= 4 is 17.9 Å². The summed E-state index contributed by atoms with van der Waals surface area (Å²) in [5, 5.41) is 11.3. The van der Waals surface area contributed by atoms with Gasteiger partial charge in [0.15, 0.2) is 0 Å². The maximum atomic E-state index is 11.8. The molecule has 0 heterocycles. The fourth-order valence-corrected chi connectivity index (χ4v) is 1.30. The van der Waals surface area contributed by atoms with Gasteiger partial charge in [0, 0.05) is 18.5 Å². The Kier molecular flexibility index (Phi) is 6.15. The Labute approximate surface area is 106 Å². The lowest BCUT2D eigenvalue weighted by molar-refractivity contribution is -0.138. The van der Waals surface area contributed by atoms with Crippen molar-refractivity contribution in [3.05, 3.63) is 0 Å². The molecule has 0 aliphatic carbocycles. The number of aliphatic carboxylic acids is 1. The molecule has 7 nitrogen and oxygen atoms in total. The van der Waals surface area contributed by atoms with Crippen molar-refractivity contribution in [1.29, 1.82) is 0 Å². The lowest BCUT2D eigenvalue weighted by atomic mass is 10.1. The van der Waals surface area contributed by atoms with E-state index in [1.165, 1.54) is 4.90 Å². The van der Waals surface area contributed by atoms with E-state index in [0.717, 1.165) is 0 Å². The first-order valence-corrected chi connectivity index (χ1v) is 5.70. The second-order valence-corrected chi connectivity index (χ2v) is 4.95. The summed E-state index contributed by atoms with van der Waals surface area (Å²) in [4.78, 5) is 34.2. The summed E-state index contributed by atoms with van der Waals surface area (Å²) in [6.07, 6.45) is 0.626. The van der Waals surface area contributed by atoms with Crippen LogP contribution in [0, 0.1) is 0 Å². The predicted molar refractivity (Wildman–Crippen MR) is 65.9 cm³/mol. The van der Waals surface area contributed by atoms with Crippen molar-refractivity contribution in [2.75, 3.05) is 13.1 Å². The smallest absolute Gasteiger partial charge is 0.323 e. The Morgan fingerprint density at radius 3 is 2.22 bits per heavy atom. The van der Waals surface area contributed by atoms with Crippen molar-refractivity contribution in [3.8, 4) is 0 Å². The van der Waals surface area contributed by atoms with E-state index in [1.54, 1.807) is 20.8 Å². The van der Waals surface area contributed by atoms with E-state index < -0.39 is 23.4 Å². The SMILES string of the molecule is CC(C)(C)N(CC(=O)O)C(=O)NCCCC(N)=O. The van der Waals surface area contributed by atoms with Gasteiger partial charge in [-0.15, -0.1) is 0 Å². The highest BCUT2D eigenvalue weighted by Crippen LogP contribution is 2.12. The van der Waals surface area contributed by atoms with Crippen LogP contribution in [0.25, 0.3) is 0 Å². The molecule has 0 unspecified atom stereocenters. The Hall–Kier alpha value is -1.79. The highest BCUT2D eigenvalue weighted by molar-refractivity contribution is 5.80. The monoisotopic (exact) mass is 259 g/mol. The number of urea groups is 1. The fourth-order valence-electron chi connectivity index (χ4n) is 1.30. The second kappa shape index (κ2) is 6.83. The standard InChI is InChI=1S/C11H21N3O4/c1-11(2,3)14(7-9(16)17)10(18)13-6-4-5-8(12)15/h4-7H2,1-3H3,(H2,12,15)(H,13,18)(H,16,17). The average Bonchev–Trinajstić information content (AvgIpc) is 2.18. The molecular formula is C11H21N3O4. The maximum Gasteiger partial charge on any atom is 0.323 e. The number of carboxylic acids is 1. The second-order valence-electron chi connectivity index (χ2n) is 4.95.